The minimum atomic E-state index is 0.252. The Morgan fingerprint density at radius 1 is 1.28 bits per heavy atom. The molecule has 2 unspecified atom stereocenters. The molecule has 2 atom stereocenters. The van der Waals surface area contributed by atoms with E-state index >= 15 is 0 Å². The van der Waals surface area contributed by atoms with Crippen LogP contribution in [0.5, 0.6) is 0 Å². The van der Waals surface area contributed by atoms with E-state index < -0.39 is 0 Å². The highest BCUT2D eigenvalue weighted by Gasteiger charge is 2.25. The summed E-state index contributed by atoms with van der Waals surface area (Å²) in [6, 6.07) is 7.16. The van der Waals surface area contributed by atoms with Gasteiger partial charge in [-0.15, -0.1) is 0 Å². The van der Waals surface area contributed by atoms with Gasteiger partial charge in [-0.25, -0.2) is 0 Å². The Bertz CT molecular complexity index is 414. The van der Waals surface area contributed by atoms with Crippen molar-refractivity contribution in [2.24, 2.45) is 5.92 Å². The summed E-state index contributed by atoms with van der Waals surface area (Å²) >= 11 is 0. The lowest BCUT2D eigenvalue weighted by Gasteiger charge is -2.32. The maximum atomic E-state index is 3.36. The van der Waals surface area contributed by atoms with Crippen molar-refractivity contribution in [1.29, 1.82) is 0 Å². The van der Waals surface area contributed by atoms with Crippen LogP contribution in [0.25, 0.3) is 0 Å². The number of likely N-dealkylation sites (N-methyl/N-ethyl adjacent to an activating group) is 1. The van der Waals surface area contributed by atoms with E-state index in [1.807, 2.05) is 0 Å². The molecule has 0 saturated carbocycles. The monoisotopic (exact) mass is 245 g/mol. The molecule has 1 aromatic carbocycles. The Labute approximate surface area is 112 Å². The highest BCUT2D eigenvalue weighted by Crippen LogP contribution is 2.36. The van der Waals surface area contributed by atoms with Crippen molar-refractivity contribution >= 4 is 0 Å². The van der Waals surface area contributed by atoms with Crippen LogP contribution in [0, 0.1) is 5.92 Å². The zero-order valence-corrected chi connectivity index (χ0v) is 12.5. The van der Waals surface area contributed by atoms with Gasteiger partial charge in [-0.05, 0) is 53.8 Å². The molecule has 0 fully saturated rings. The van der Waals surface area contributed by atoms with Gasteiger partial charge in [0.05, 0.1) is 0 Å². The molecular formula is C17H27N. The summed E-state index contributed by atoms with van der Waals surface area (Å²) < 4.78 is 0. The first-order chi connectivity index (χ1) is 8.41. The topological polar surface area (TPSA) is 12.0 Å². The number of nitrogens with one attached hydrogen (secondary N) is 1. The van der Waals surface area contributed by atoms with E-state index in [1.165, 1.54) is 18.4 Å². The molecule has 1 aliphatic rings. The van der Waals surface area contributed by atoms with Crippen LogP contribution in [-0.2, 0) is 11.8 Å². The molecule has 1 aromatic rings. The average Bonchev–Trinajstić information content (AvgIpc) is 2.27. The van der Waals surface area contributed by atoms with Crippen molar-refractivity contribution in [2.45, 2.75) is 51.9 Å². The van der Waals surface area contributed by atoms with Gasteiger partial charge in [0.25, 0.3) is 0 Å². The fourth-order valence-corrected chi connectivity index (χ4v) is 3.14. The van der Waals surface area contributed by atoms with Gasteiger partial charge in [-0.2, -0.15) is 0 Å². The molecule has 1 nitrogen and oxygen atoms in total. The Morgan fingerprint density at radius 2 is 2.00 bits per heavy atom. The number of hydrogen-bond acceptors (Lipinski definition) is 1. The van der Waals surface area contributed by atoms with Gasteiger partial charge >= 0.3 is 0 Å². The Kier molecular flexibility index (Phi) is 3.82. The van der Waals surface area contributed by atoms with Crippen LogP contribution in [0.15, 0.2) is 18.2 Å². The third kappa shape index (κ3) is 2.77. The third-order valence-corrected chi connectivity index (χ3v) is 4.16. The fraction of sp³-hybridized carbons (Fsp3) is 0.647. The van der Waals surface area contributed by atoms with Crippen molar-refractivity contribution in [3.63, 3.8) is 0 Å². The maximum absolute atomic E-state index is 3.36. The first-order valence-corrected chi connectivity index (χ1v) is 7.19. The molecule has 0 amide bonds. The summed E-state index contributed by atoms with van der Waals surface area (Å²) in [7, 11) is 2.06. The zero-order chi connectivity index (χ0) is 13.3. The van der Waals surface area contributed by atoms with Crippen molar-refractivity contribution in [3.05, 3.63) is 34.9 Å². The minimum absolute atomic E-state index is 0.252. The quantitative estimate of drug-likeness (QED) is 0.834. The number of benzene rings is 1. The van der Waals surface area contributed by atoms with Crippen LogP contribution < -0.4 is 5.32 Å². The van der Waals surface area contributed by atoms with Gasteiger partial charge in [0.15, 0.2) is 0 Å². The summed E-state index contributed by atoms with van der Waals surface area (Å²) in [6.07, 6.45) is 2.57. The van der Waals surface area contributed by atoms with Crippen LogP contribution >= 0.6 is 0 Å². The van der Waals surface area contributed by atoms with Crippen molar-refractivity contribution < 1.29 is 0 Å². The molecule has 18 heavy (non-hydrogen) atoms. The molecule has 0 spiro atoms. The molecule has 0 aliphatic heterocycles. The van der Waals surface area contributed by atoms with Gasteiger partial charge in [0, 0.05) is 6.54 Å². The lowest BCUT2D eigenvalue weighted by atomic mass is 9.75. The van der Waals surface area contributed by atoms with Crippen molar-refractivity contribution in [3.8, 4) is 0 Å². The normalized spacial score (nSPS) is 23.8. The predicted octanol–water partition coefficient (Wildman–Crippen LogP) is 3.87. The van der Waals surface area contributed by atoms with E-state index in [0.29, 0.717) is 5.92 Å². The zero-order valence-electron chi connectivity index (χ0n) is 12.5. The highest BCUT2D eigenvalue weighted by molar-refractivity contribution is 5.39. The second-order valence-corrected chi connectivity index (χ2v) is 6.96. The fourth-order valence-electron chi connectivity index (χ4n) is 3.14. The molecule has 100 valence electrons. The third-order valence-electron chi connectivity index (χ3n) is 4.16. The summed E-state index contributed by atoms with van der Waals surface area (Å²) in [4.78, 5) is 0. The lowest BCUT2D eigenvalue weighted by Crippen LogP contribution is -2.25. The SMILES string of the molecule is CNCC1CC(C)Cc2ccc(C(C)(C)C)cc21. The van der Waals surface area contributed by atoms with Crippen LogP contribution in [0.4, 0.5) is 0 Å². The average molecular weight is 245 g/mol. The summed E-state index contributed by atoms with van der Waals surface area (Å²) in [6.45, 7) is 10.4. The Balaban J connectivity index is 2.39. The van der Waals surface area contributed by atoms with Gasteiger partial charge in [0.2, 0.25) is 0 Å². The number of fused-ring (bicyclic) bond motifs is 1. The number of rotatable bonds is 2. The Hall–Kier alpha value is -0.820. The second-order valence-electron chi connectivity index (χ2n) is 6.96. The van der Waals surface area contributed by atoms with Crippen LogP contribution in [0.1, 0.15) is 56.7 Å². The van der Waals surface area contributed by atoms with Gasteiger partial charge in [0.1, 0.15) is 0 Å². The molecule has 0 radical (unpaired) electrons. The van der Waals surface area contributed by atoms with E-state index in [-0.39, 0.29) is 5.41 Å². The molecule has 2 rings (SSSR count). The van der Waals surface area contributed by atoms with Crippen LogP contribution in [0.3, 0.4) is 0 Å². The van der Waals surface area contributed by atoms with Gasteiger partial charge < -0.3 is 5.32 Å². The molecule has 0 bridgehead atoms. The molecule has 1 aliphatic carbocycles. The van der Waals surface area contributed by atoms with Crippen molar-refractivity contribution in [2.75, 3.05) is 13.6 Å². The number of hydrogen-bond donors (Lipinski definition) is 1. The first-order valence-electron chi connectivity index (χ1n) is 7.19. The largest absolute Gasteiger partial charge is 0.319 e. The maximum Gasteiger partial charge on any atom is 0.00173 e. The second kappa shape index (κ2) is 5.05. The standard InChI is InChI=1S/C17H27N/c1-12-8-13-6-7-15(17(2,3)4)10-16(13)14(9-12)11-18-5/h6-7,10,12,14,18H,8-9,11H2,1-5H3. The lowest BCUT2D eigenvalue weighted by molar-refractivity contribution is 0.421. The van der Waals surface area contributed by atoms with E-state index in [4.69, 9.17) is 0 Å². The van der Waals surface area contributed by atoms with Crippen LogP contribution in [0.2, 0.25) is 0 Å². The molecule has 1 heteroatoms. The van der Waals surface area contributed by atoms with E-state index in [9.17, 15) is 0 Å². The molecule has 0 aromatic heterocycles. The molecule has 1 N–H and O–H groups in total. The van der Waals surface area contributed by atoms with Gasteiger partial charge in [-0.1, -0.05) is 45.9 Å². The van der Waals surface area contributed by atoms with E-state index in [2.05, 4.69) is 58.3 Å². The van der Waals surface area contributed by atoms with Crippen LogP contribution in [-0.4, -0.2) is 13.6 Å². The summed E-state index contributed by atoms with van der Waals surface area (Å²) in [5.41, 5.74) is 4.89. The van der Waals surface area contributed by atoms with E-state index in [1.54, 1.807) is 11.1 Å². The highest BCUT2D eigenvalue weighted by atomic mass is 14.8. The Morgan fingerprint density at radius 3 is 2.61 bits per heavy atom. The van der Waals surface area contributed by atoms with Gasteiger partial charge in [-0.3, -0.25) is 0 Å². The summed E-state index contributed by atoms with van der Waals surface area (Å²) in [5.74, 6) is 1.51. The first kappa shape index (κ1) is 13.6. The van der Waals surface area contributed by atoms with E-state index in [0.717, 1.165) is 12.5 Å². The molecular weight excluding hydrogens is 218 g/mol. The molecule has 0 saturated heterocycles. The smallest absolute Gasteiger partial charge is 0.00173 e. The summed E-state index contributed by atoms with van der Waals surface area (Å²) in [5, 5.41) is 3.36. The predicted molar refractivity (Wildman–Crippen MR) is 79.3 cm³/mol. The minimum Gasteiger partial charge on any atom is -0.319 e. The van der Waals surface area contributed by atoms with Crippen molar-refractivity contribution in [1.82, 2.24) is 5.32 Å². The molecule has 0 heterocycles.